The number of rotatable bonds is 5. The Morgan fingerprint density at radius 3 is 2.92 bits per heavy atom. The number of hydrogen-bond acceptors (Lipinski definition) is 6. The number of nitrogens with zero attached hydrogens (tertiary/aromatic N) is 1. The Bertz CT molecular complexity index is 846. The van der Waals surface area contributed by atoms with Crippen LogP contribution in [0.2, 0.25) is 0 Å². The molecule has 2 N–H and O–H groups in total. The van der Waals surface area contributed by atoms with E-state index in [1.807, 2.05) is 24.4 Å². The van der Waals surface area contributed by atoms with Crippen molar-refractivity contribution >= 4 is 17.3 Å². The van der Waals surface area contributed by atoms with Gasteiger partial charge in [0, 0.05) is 11.3 Å². The van der Waals surface area contributed by atoms with E-state index in [4.69, 9.17) is 9.15 Å². The molecule has 0 saturated heterocycles. The zero-order chi connectivity index (χ0) is 17.3. The van der Waals surface area contributed by atoms with Crippen LogP contribution in [0.15, 0.2) is 28.2 Å². The molecule has 0 unspecified atom stereocenters. The summed E-state index contributed by atoms with van der Waals surface area (Å²) in [6.45, 7) is 5.29. The van der Waals surface area contributed by atoms with Gasteiger partial charge in [0.15, 0.2) is 0 Å². The molecule has 6 nitrogen and oxygen atoms in total. The van der Waals surface area contributed by atoms with Gasteiger partial charge in [-0.25, -0.2) is 9.78 Å². The number of aromatic nitrogens is 2. The van der Waals surface area contributed by atoms with Crippen molar-refractivity contribution in [1.29, 1.82) is 0 Å². The van der Waals surface area contributed by atoms with Gasteiger partial charge in [0.1, 0.15) is 24.3 Å². The largest absolute Gasteiger partial charge is 0.454 e. The second-order valence-electron chi connectivity index (χ2n) is 5.54. The zero-order valence-corrected chi connectivity index (χ0v) is 14.4. The molecule has 0 aliphatic carbocycles. The van der Waals surface area contributed by atoms with Gasteiger partial charge >= 0.3 is 5.97 Å². The first-order valence-electron chi connectivity index (χ1n) is 7.50. The lowest BCUT2D eigenvalue weighted by atomic mass is 10.1. The van der Waals surface area contributed by atoms with Crippen LogP contribution in [0.1, 0.15) is 46.0 Å². The van der Waals surface area contributed by atoms with Crippen LogP contribution < -0.4 is 0 Å². The molecule has 0 saturated carbocycles. The van der Waals surface area contributed by atoms with Gasteiger partial charge < -0.3 is 19.2 Å². The minimum Gasteiger partial charge on any atom is -0.454 e. The van der Waals surface area contributed by atoms with Gasteiger partial charge in [0.25, 0.3) is 0 Å². The van der Waals surface area contributed by atoms with Crippen molar-refractivity contribution in [1.82, 2.24) is 9.97 Å². The predicted molar refractivity (Wildman–Crippen MR) is 89.8 cm³/mol. The van der Waals surface area contributed by atoms with E-state index >= 15 is 0 Å². The highest BCUT2D eigenvalue weighted by Crippen LogP contribution is 2.26. The summed E-state index contributed by atoms with van der Waals surface area (Å²) in [5.41, 5.74) is 3.08. The smallest absolute Gasteiger partial charge is 0.355 e. The van der Waals surface area contributed by atoms with E-state index in [2.05, 4.69) is 9.97 Å². The lowest BCUT2D eigenvalue weighted by molar-refractivity contribution is 0.0460. The summed E-state index contributed by atoms with van der Waals surface area (Å²) in [7, 11) is 0. The lowest BCUT2D eigenvalue weighted by Gasteiger charge is -2.05. The number of aryl methyl sites for hydroxylation is 1. The summed E-state index contributed by atoms with van der Waals surface area (Å²) in [6.07, 6.45) is 0.836. The third-order valence-electron chi connectivity index (χ3n) is 3.75. The maximum atomic E-state index is 12.3. The minimum absolute atomic E-state index is 0.0230. The van der Waals surface area contributed by atoms with Crippen LogP contribution in [0.25, 0.3) is 10.8 Å². The van der Waals surface area contributed by atoms with Gasteiger partial charge in [0.2, 0.25) is 5.89 Å². The van der Waals surface area contributed by atoms with Crippen molar-refractivity contribution in [3.63, 3.8) is 0 Å². The number of hydrogen-bond donors (Lipinski definition) is 2. The van der Waals surface area contributed by atoms with E-state index in [1.165, 1.54) is 17.6 Å². The Morgan fingerprint density at radius 2 is 2.29 bits per heavy atom. The van der Waals surface area contributed by atoms with Crippen LogP contribution in [0.4, 0.5) is 0 Å². The second-order valence-corrected chi connectivity index (χ2v) is 6.48. The number of carbonyl (C=O) groups is 1. The van der Waals surface area contributed by atoms with Gasteiger partial charge in [-0.1, -0.05) is 6.07 Å². The fraction of sp³-hybridized carbons (Fsp3) is 0.294. The summed E-state index contributed by atoms with van der Waals surface area (Å²) in [5.74, 6) is 0.0301. The Morgan fingerprint density at radius 1 is 1.50 bits per heavy atom. The van der Waals surface area contributed by atoms with Crippen LogP contribution in [0, 0.1) is 13.8 Å². The van der Waals surface area contributed by atoms with Crippen molar-refractivity contribution in [2.75, 3.05) is 0 Å². The van der Waals surface area contributed by atoms with Crippen molar-refractivity contribution in [2.24, 2.45) is 0 Å². The average Bonchev–Trinajstić information content (AvgIpc) is 3.24. The zero-order valence-electron chi connectivity index (χ0n) is 13.6. The SMILES string of the molecule is Cc1[nH]c(C(=O)OCc2coc(-c3cccs3)n2)c(C)c1[C@H](C)O. The van der Waals surface area contributed by atoms with Gasteiger partial charge in [-0.05, 0) is 37.8 Å². The third kappa shape index (κ3) is 3.13. The number of thiophene rings is 1. The maximum absolute atomic E-state index is 12.3. The van der Waals surface area contributed by atoms with Gasteiger partial charge in [-0.15, -0.1) is 11.3 Å². The molecular weight excluding hydrogens is 328 g/mol. The summed E-state index contributed by atoms with van der Waals surface area (Å²) in [6, 6.07) is 3.83. The van der Waals surface area contributed by atoms with E-state index in [0.717, 1.165) is 16.1 Å². The molecule has 126 valence electrons. The quantitative estimate of drug-likeness (QED) is 0.687. The molecule has 24 heavy (non-hydrogen) atoms. The molecule has 0 spiro atoms. The molecular formula is C17H18N2O4S. The molecule has 3 rings (SSSR count). The first-order valence-corrected chi connectivity index (χ1v) is 8.38. The summed E-state index contributed by atoms with van der Waals surface area (Å²) < 4.78 is 10.7. The van der Waals surface area contributed by atoms with Crippen molar-refractivity contribution in [3.05, 3.63) is 52.0 Å². The summed E-state index contributed by atoms with van der Waals surface area (Å²) in [5, 5.41) is 11.7. The topological polar surface area (TPSA) is 88.4 Å². The Balaban J connectivity index is 1.69. The highest BCUT2D eigenvalue weighted by atomic mass is 32.1. The van der Waals surface area contributed by atoms with Crippen LogP contribution in [0.5, 0.6) is 0 Å². The molecule has 0 aliphatic rings. The molecule has 3 heterocycles. The number of ether oxygens (including phenoxy) is 1. The maximum Gasteiger partial charge on any atom is 0.355 e. The minimum atomic E-state index is -0.647. The van der Waals surface area contributed by atoms with Gasteiger partial charge in [0.05, 0.1) is 11.0 Å². The number of aromatic amines is 1. The van der Waals surface area contributed by atoms with Crippen LogP contribution >= 0.6 is 11.3 Å². The lowest BCUT2D eigenvalue weighted by Crippen LogP contribution is -2.08. The fourth-order valence-electron chi connectivity index (χ4n) is 2.69. The number of oxazole rings is 1. The number of aliphatic hydroxyl groups excluding tert-OH is 1. The third-order valence-corrected chi connectivity index (χ3v) is 4.61. The second kappa shape index (κ2) is 6.62. The molecule has 0 bridgehead atoms. The fourth-order valence-corrected chi connectivity index (χ4v) is 3.35. The van der Waals surface area contributed by atoms with E-state index in [-0.39, 0.29) is 6.61 Å². The van der Waals surface area contributed by atoms with Crippen LogP contribution in [-0.4, -0.2) is 21.0 Å². The van der Waals surface area contributed by atoms with Crippen molar-refractivity contribution in [2.45, 2.75) is 33.5 Å². The highest BCUT2D eigenvalue weighted by molar-refractivity contribution is 7.13. The Kier molecular flexibility index (Phi) is 4.55. The van der Waals surface area contributed by atoms with E-state index in [9.17, 15) is 9.90 Å². The monoisotopic (exact) mass is 346 g/mol. The number of carbonyl (C=O) groups excluding carboxylic acids is 1. The highest BCUT2D eigenvalue weighted by Gasteiger charge is 2.21. The molecule has 0 aromatic carbocycles. The molecule has 3 aromatic heterocycles. The number of aliphatic hydroxyl groups is 1. The number of esters is 1. The standard InChI is InChI=1S/C17H18N2O4S/c1-9-14(11(3)20)10(2)18-15(9)17(21)23-8-12-7-22-16(19-12)13-5-4-6-24-13/h4-7,11,18,20H,8H2,1-3H3/t11-/m0/s1. The van der Waals surface area contributed by atoms with Crippen molar-refractivity contribution < 1.29 is 19.1 Å². The van der Waals surface area contributed by atoms with Crippen LogP contribution in [0.3, 0.4) is 0 Å². The number of H-pyrrole nitrogens is 1. The molecule has 3 aromatic rings. The molecule has 1 atom stereocenters. The Hall–Kier alpha value is -2.38. The van der Waals surface area contributed by atoms with E-state index in [0.29, 0.717) is 22.8 Å². The first kappa shape index (κ1) is 16.5. The van der Waals surface area contributed by atoms with E-state index in [1.54, 1.807) is 13.8 Å². The van der Waals surface area contributed by atoms with Crippen molar-refractivity contribution in [3.8, 4) is 10.8 Å². The Labute approximate surface area is 143 Å². The molecule has 7 heteroatoms. The van der Waals surface area contributed by atoms with E-state index < -0.39 is 12.1 Å². The molecule has 0 amide bonds. The van der Waals surface area contributed by atoms with Gasteiger partial charge in [-0.3, -0.25) is 0 Å². The van der Waals surface area contributed by atoms with Gasteiger partial charge in [-0.2, -0.15) is 0 Å². The average molecular weight is 346 g/mol. The predicted octanol–water partition coefficient (Wildman–Crippen LogP) is 3.76. The first-order chi connectivity index (χ1) is 11.5. The summed E-state index contributed by atoms with van der Waals surface area (Å²) >= 11 is 1.53. The molecule has 0 radical (unpaired) electrons. The molecule has 0 fully saturated rings. The molecule has 0 aliphatic heterocycles. The van der Waals surface area contributed by atoms with Crippen LogP contribution in [-0.2, 0) is 11.3 Å². The normalized spacial score (nSPS) is 12.3. The number of nitrogens with one attached hydrogen (secondary N) is 1. The summed E-state index contributed by atoms with van der Waals surface area (Å²) in [4.78, 5) is 20.5.